The summed E-state index contributed by atoms with van der Waals surface area (Å²) in [4.78, 5) is 17.0. The summed E-state index contributed by atoms with van der Waals surface area (Å²) in [6, 6.07) is 11.6. The normalized spacial score (nSPS) is 17.5. The van der Waals surface area contributed by atoms with Gasteiger partial charge in [-0.1, -0.05) is 18.2 Å². The molecule has 24 heavy (non-hydrogen) atoms. The molecule has 0 amide bonds. The molecule has 6 heteroatoms. The van der Waals surface area contributed by atoms with Gasteiger partial charge in [-0.3, -0.25) is 10.1 Å². The van der Waals surface area contributed by atoms with E-state index in [0.717, 1.165) is 37.5 Å². The molecule has 1 atom stereocenters. The highest BCUT2D eigenvalue weighted by Crippen LogP contribution is 2.26. The summed E-state index contributed by atoms with van der Waals surface area (Å²) in [5, 5.41) is 10.9. The van der Waals surface area contributed by atoms with Crippen molar-refractivity contribution >= 4 is 11.5 Å². The number of hydrogen-bond donors (Lipinski definition) is 0. The molecule has 2 aromatic rings. The zero-order chi connectivity index (χ0) is 16.9. The first-order valence-electron chi connectivity index (χ1n) is 8.17. The number of hydrogen-bond acceptors (Lipinski definition) is 5. The van der Waals surface area contributed by atoms with E-state index in [1.807, 2.05) is 30.3 Å². The summed E-state index contributed by atoms with van der Waals surface area (Å²) < 4.78 is 5.87. The van der Waals surface area contributed by atoms with E-state index in [1.165, 1.54) is 6.20 Å². The molecule has 3 rings (SSSR count). The molecular formula is C18H21N3O3. The molecule has 1 unspecified atom stereocenters. The molecular weight excluding hydrogens is 306 g/mol. The second-order valence-corrected chi connectivity index (χ2v) is 6.16. The van der Waals surface area contributed by atoms with Crippen molar-refractivity contribution in [3.05, 3.63) is 58.3 Å². The fraction of sp³-hybridized carbons (Fsp3) is 0.389. The molecule has 1 fully saturated rings. The first-order valence-corrected chi connectivity index (χ1v) is 8.17. The van der Waals surface area contributed by atoms with E-state index in [1.54, 1.807) is 13.0 Å². The topological polar surface area (TPSA) is 68.5 Å². The van der Waals surface area contributed by atoms with Gasteiger partial charge in [0.1, 0.15) is 17.8 Å². The number of benzene rings is 1. The van der Waals surface area contributed by atoms with Crippen LogP contribution in [0, 0.1) is 23.0 Å². The average molecular weight is 327 g/mol. The average Bonchev–Trinajstić information content (AvgIpc) is 2.61. The third kappa shape index (κ3) is 3.82. The van der Waals surface area contributed by atoms with Crippen molar-refractivity contribution in [2.24, 2.45) is 5.92 Å². The first-order chi connectivity index (χ1) is 11.6. The zero-order valence-corrected chi connectivity index (χ0v) is 13.7. The second-order valence-electron chi connectivity index (χ2n) is 6.16. The maximum Gasteiger partial charge on any atom is 0.290 e. The zero-order valence-electron chi connectivity index (χ0n) is 13.7. The summed E-state index contributed by atoms with van der Waals surface area (Å²) in [6.07, 6.45) is 3.55. The number of ether oxygens (including phenoxy) is 1. The van der Waals surface area contributed by atoms with Crippen molar-refractivity contribution in [2.75, 3.05) is 24.6 Å². The largest absolute Gasteiger partial charge is 0.493 e. The number of nitro groups is 1. The Bertz CT molecular complexity index is 706. The maximum atomic E-state index is 10.9. The van der Waals surface area contributed by atoms with Gasteiger partial charge in [-0.15, -0.1) is 0 Å². The number of aromatic nitrogens is 1. The number of nitrogens with zero attached hydrogens (tertiary/aromatic N) is 3. The minimum atomic E-state index is -0.390. The van der Waals surface area contributed by atoms with Crippen LogP contribution in [0.4, 0.5) is 11.5 Å². The van der Waals surface area contributed by atoms with Gasteiger partial charge in [0, 0.05) is 24.6 Å². The van der Waals surface area contributed by atoms with Gasteiger partial charge in [0.05, 0.1) is 11.5 Å². The number of aryl methyl sites for hydroxylation is 1. The van der Waals surface area contributed by atoms with Gasteiger partial charge < -0.3 is 9.64 Å². The Hall–Kier alpha value is -2.63. The van der Waals surface area contributed by atoms with E-state index in [0.29, 0.717) is 18.1 Å². The number of anilines is 1. The molecule has 0 saturated carbocycles. The first kappa shape index (κ1) is 16.2. The molecule has 1 aliphatic heterocycles. The molecule has 1 aromatic heterocycles. The lowest BCUT2D eigenvalue weighted by molar-refractivity contribution is -0.385. The summed E-state index contributed by atoms with van der Waals surface area (Å²) in [7, 11) is 0. The van der Waals surface area contributed by atoms with E-state index >= 15 is 0 Å². The van der Waals surface area contributed by atoms with Crippen molar-refractivity contribution in [1.82, 2.24) is 4.98 Å². The second kappa shape index (κ2) is 7.29. The third-order valence-corrected chi connectivity index (χ3v) is 4.34. The number of pyridine rings is 1. The van der Waals surface area contributed by atoms with Crippen LogP contribution in [0.2, 0.25) is 0 Å². The Labute approximate surface area is 141 Å². The minimum Gasteiger partial charge on any atom is -0.493 e. The van der Waals surface area contributed by atoms with Gasteiger partial charge in [-0.2, -0.15) is 0 Å². The van der Waals surface area contributed by atoms with Crippen molar-refractivity contribution in [3.8, 4) is 5.75 Å². The van der Waals surface area contributed by atoms with Crippen LogP contribution >= 0.6 is 0 Å². The van der Waals surface area contributed by atoms with E-state index in [9.17, 15) is 10.1 Å². The molecule has 0 aliphatic carbocycles. The molecule has 126 valence electrons. The SMILES string of the molecule is Cc1cc(N2CCCC(COc3ccccc3)C2)ncc1[N+](=O)[O-]. The van der Waals surface area contributed by atoms with E-state index in [-0.39, 0.29) is 5.69 Å². The Morgan fingerprint density at radius 2 is 2.17 bits per heavy atom. The van der Waals surface area contributed by atoms with Gasteiger partial charge in [0.15, 0.2) is 0 Å². The summed E-state index contributed by atoms with van der Waals surface area (Å²) in [5.41, 5.74) is 0.715. The molecule has 0 radical (unpaired) electrons. The van der Waals surface area contributed by atoms with Crippen LogP contribution in [0.5, 0.6) is 5.75 Å². The molecule has 0 spiro atoms. The van der Waals surface area contributed by atoms with Crippen LogP contribution in [0.3, 0.4) is 0 Å². The Morgan fingerprint density at radius 1 is 1.38 bits per heavy atom. The smallest absolute Gasteiger partial charge is 0.290 e. The highest BCUT2D eigenvalue weighted by atomic mass is 16.6. The van der Waals surface area contributed by atoms with Gasteiger partial charge in [-0.05, 0) is 38.0 Å². The monoisotopic (exact) mass is 327 g/mol. The van der Waals surface area contributed by atoms with Crippen LogP contribution in [0.1, 0.15) is 18.4 Å². The summed E-state index contributed by atoms with van der Waals surface area (Å²) in [5.74, 6) is 2.12. The predicted molar refractivity (Wildman–Crippen MR) is 92.5 cm³/mol. The van der Waals surface area contributed by atoms with Crippen LogP contribution in [-0.2, 0) is 0 Å². The molecule has 2 heterocycles. The van der Waals surface area contributed by atoms with Crippen LogP contribution in [0.25, 0.3) is 0 Å². The highest BCUT2D eigenvalue weighted by Gasteiger charge is 2.23. The third-order valence-electron chi connectivity index (χ3n) is 4.34. The quantitative estimate of drug-likeness (QED) is 0.620. The van der Waals surface area contributed by atoms with Crippen molar-refractivity contribution < 1.29 is 9.66 Å². The molecule has 6 nitrogen and oxygen atoms in total. The molecule has 0 N–H and O–H groups in total. The van der Waals surface area contributed by atoms with Gasteiger partial charge in [0.2, 0.25) is 0 Å². The Morgan fingerprint density at radius 3 is 2.88 bits per heavy atom. The van der Waals surface area contributed by atoms with Crippen molar-refractivity contribution in [3.63, 3.8) is 0 Å². The number of rotatable bonds is 5. The highest BCUT2D eigenvalue weighted by molar-refractivity contribution is 5.48. The van der Waals surface area contributed by atoms with Crippen LogP contribution in [-0.4, -0.2) is 29.6 Å². The van der Waals surface area contributed by atoms with Crippen molar-refractivity contribution in [2.45, 2.75) is 19.8 Å². The lowest BCUT2D eigenvalue weighted by Crippen LogP contribution is -2.38. The summed E-state index contributed by atoms with van der Waals surface area (Å²) >= 11 is 0. The minimum absolute atomic E-state index is 0.0692. The van der Waals surface area contributed by atoms with Gasteiger partial charge >= 0.3 is 0 Å². The Kier molecular flexibility index (Phi) is 4.93. The standard InChI is InChI=1S/C18H21N3O3/c1-14-10-18(19-11-17(14)21(22)23)20-9-5-6-15(12-20)13-24-16-7-3-2-4-8-16/h2-4,7-8,10-11,15H,5-6,9,12-13H2,1H3. The molecule has 1 aliphatic rings. The molecule has 1 saturated heterocycles. The Balaban J connectivity index is 1.63. The van der Waals surface area contributed by atoms with Crippen molar-refractivity contribution in [1.29, 1.82) is 0 Å². The van der Waals surface area contributed by atoms with E-state index in [4.69, 9.17) is 4.74 Å². The van der Waals surface area contributed by atoms with E-state index in [2.05, 4.69) is 9.88 Å². The van der Waals surface area contributed by atoms with E-state index < -0.39 is 4.92 Å². The predicted octanol–water partition coefficient (Wildman–Crippen LogP) is 3.59. The molecule has 1 aromatic carbocycles. The molecule has 0 bridgehead atoms. The van der Waals surface area contributed by atoms with Gasteiger partial charge in [0.25, 0.3) is 5.69 Å². The lowest BCUT2D eigenvalue weighted by Gasteiger charge is -2.33. The number of para-hydroxylation sites is 1. The lowest BCUT2D eigenvalue weighted by atomic mass is 9.99. The fourth-order valence-corrected chi connectivity index (χ4v) is 3.04. The fourth-order valence-electron chi connectivity index (χ4n) is 3.04. The van der Waals surface area contributed by atoms with Crippen LogP contribution in [0.15, 0.2) is 42.6 Å². The van der Waals surface area contributed by atoms with Crippen LogP contribution < -0.4 is 9.64 Å². The number of piperidine rings is 1. The maximum absolute atomic E-state index is 10.9. The van der Waals surface area contributed by atoms with Gasteiger partial charge in [-0.25, -0.2) is 4.98 Å². The summed E-state index contributed by atoms with van der Waals surface area (Å²) in [6.45, 7) is 4.21.